The number of hydrogen-bond acceptors (Lipinski definition) is 4. The summed E-state index contributed by atoms with van der Waals surface area (Å²) in [6.45, 7) is 0. The third-order valence-electron chi connectivity index (χ3n) is 2.48. The first kappa shape index (κ1) is 19.9. The number of nitriles is 1. The molecular weight excluding hydrogens is 356 g/mol. The van der Waals surface area contributed by atoms with Crippen LogP contribution in [0.15, 0.2) is 36.5 Å². The molecule has 0 atom stereocenters. The van der Waals surface area contributed by atoms with Crippen molar-refractivity contribution in [1.82, 2.24) is 9.97 Å². The number of halogens is 6. The van der Waals surface area contributed by atoms with E-state index in [0.29, 0.717) is 5.56 Å². The molecule has 0 aliphatic rings. The van der Waals surface area contributed by atoms with E-state index >= 15 is 0 Å². The topological polar surface area (TPSA) is 86.9 Å². The molecule has 2 aromatic rings. The molecule has 0 saturated heterocycles. The van der Waals surface area contributed by atoms with Gasteiger partial charge in [-0.2, -0.15) is 31.6 Å². The van der Waals surface area contributed by atoms with Crippen LogP contribution < -0.4 is 0 Å². The van der Waals surface area contributed by atoms with Crippen LogP contribution in [0.3, 0.4) is 0 Å². The highest BCUT2D eigenvalue weighted by Crippen LogP contribution is 2.31. The standard InChI is InChI=1S/C12H6F3N3.C2HF3O2/c13-12(14,15)9-3-1-2-8(6-9)10-4-5-17-11(7-16)18-10;3-2(4,5)1(6)7/h1-6H;(H,6,7). The number of aromatic nitrogens is 2. The van der Waals surface area contributed by atoms with Crippen molar-refractivity contribution < 1.29 is 36.2 Å². The van der Waals surface area contributed by atoms with E-state index < -0.39 is 23.9 Å². The molecule has 0 bridgehead atoms. The molecular formula is C14H7F6N3O2. The van der Waals surface area contributed by atoms with Gasteiger partial charge in [0.2, 0.25) is 5.82 Å². The first-order valence-corrected chi connectivity index (χ1v) is 6.16. The largest absolute Gasteiger partial charge is 0.490 e. The van der Waals surface area contributed by atoms with Gasteiger partial charge in [-0.15, -0.1) is 0 Å². The van der Waals surface area contributed by atoms with Gasteiger partial charge in [0, 0.05) is 11.8 Å². The predicted molar refractivity (Wildman–Crippen MR) is 70.9 cm³/mol. The zero-order chi connectivity index (χ0) is 19.3. The summed E-state index contributed by atoms with van der Waals surface area (Å²) < 4.78 is 69.4. The van der Waals surface area contributed by atoms with Crippen molar-refractivity contribution in [3.8, 4) is 17.3 Å². The predicted octanol–water partition coefficient (Wildman–Crippen LogP) is 3.67. The Bertz CT molecular complexity index is 796. The van der Waals surface area contributed by atoms with Crippen molar-refractivity contribution in [2.75, 3.05) is 0 Å². The minimum Gasteiger partial charge on any atom is -0.475 e. The minimum atomic E-state index is -5.08. The second-order valence-electron chi connectivity index (χ2n) is 4.26. The van der Waals surface area contributed by atoms with Gasteiger partial charge < -0.3 is 5.11 Å². The summed E-state index contributed by atoms with van der Waals surface area (Å²) in [5.74, 6) is -2.84. The lowest BCUT2D eigenvalue weighted by molar-refractivity contribution is -0.192. The van der Waals surface area contributed by atoms with E-state index in [1.165, 1.54) is 24.4 Å². The Kier molecular flexibility index (Phi) is 6.05. The second kappa shape index (κ2) is 7.61. The molecule has 1 aromatic heterocycles. The van der Waals surface area contributed by atoms with Crippen molar-refractivity contribution in [3.63, 3.8) is 0 Å². The van der Waals surface area contributed by atoms with Gasteiger partial charge in [0.05, 0.1) is 11.3 Å². The SMILES string of the molecule is N#Cc1nccc(-c2cccc(C(F)(F)F)c2)n1.O=C(O)C(F)(F)F. The number of rotatable bonds is 1. The Morgan fingerprint density at radius 3 is 2.20 bits per heavy atom. The molecule has 1 aromatic carbocycles. The quantitative estimate of drug-likeness (QED) is 0.782. The normalized spacial score (nSPS) is 11.1. The van der Waals surface area contributed by atoms with Crippen LogP contribution in [-0.2, 0) is 11.0 Å². The summed E-state index contributed by atoms with van der Waals surface area (Å²) in [5.41, 5.74) is -0.173. The number of hydrogen-bond donors (Lipinski definition) is 1. The van der Waals surface area contributed by atoms with E-state index in [1.54, 1.807) is 6.07 Å². The number of alkyl halides is 6. The number of benzene rings is 1. The molecule has 1 N–H and O–H groups in total. The van der Waals surface area contributed by atoms with Gasteiger partial charge in [-0.05, 0) is 18.2 Å². The fourth-order valence-corrected chi connectivity index (χ4v) is 1.43. The van der Waals surface area contributed by atoms with E-state index in [-0.39, 0.29) is 11.5 Å². The van der Waals surface area contributed by atoms with Gasteiger partial charge in [0.15, 0.2) is 0 Å². The third kappa shape index (κ3) is 6.09. The maximum absolute atomic E-state index is 12.5. The lowest BCUT2D eigenvalue weighted by atomic mass is 10.1. The van der Waals surface area contributed by atoms with E-state index in [4.69, 9.17) is 15.2 Å². The molecule has 0 fully saturated rings. The van der Waals surface area contributed by atoms with Crippen molar-refractivity contribution >= 4 is 5.97 Å². The minimum absolute atomic E-state index is 0.0788. The number of carbonyl (C=O) groups is 1. The lowest BCUT2D eigenvalue weighted by Gasteiger charge is -2.08. The van der Waals surface area contributed by atoms with E-state index in [1.807, 2.05) is 0 Å². The highest BCUT2D eigenvalue weighted by Gasteiger charge is 2.38. The molecule has 0 amide bonds. The summed E-state index contributed by atoms with van der Waals surface area (Å²) in [6.07, 6.45) is -8.15. The maximum atomic E-state index is 12.5. The molecule has 132 valence electrons. The van der Waals surface area contributed by atoms with Gasteiger partial charge in [0.25, 0.3) is 0 Å². The van der Waals surface area contributed by atoms with E-state index in [0.717, 1.165) is 12.1 Å². The zero-order valence-corrected chi connectivity index (χ0v) is 11.9. The summed E-state index contributed by atoms with van der Waals surface area (Å²) in [4.78, 5) is 16.4. The summed E-state index contributed by atoms with van der Waals surface area (Å²) in [7, 11) is 0. The molecule has 25 heavy (non-hydrogen) atoms. The Morgan fingerprint density at radius 2 is 1.72 bits per heavy atom. The van der Waals surface area contributed by atoms with Crippen LogP contribution in [-0.4, -0.2) is 27.2 Å². The van der Waals surface area contributed by atoms with Crippen LogP contribution in [0.5, 0.6) is 0 Å². The zero-order valence-electron chi connectivity index (χ0n) is 11.9. The van der Waals surface area contributed by atoms with Crippen LogP contribution in [0, 0.1) is 11.3 Å². The van der Waals surface area contributed by atoms with Crippen LogP contribution in [0.2, 0.25) is 0 Å². The number of aliphatic carboxylic acids is 1. The molecule has 0 radical (unpaired) electrons. The second-order valence-corrected chi connectivity index (χ2v) is 4.26. The van der Waals surface area contributed by atoms with Crippen LogP contribution in [0.4, 0.5) is 26.3 Å². The van der Waals surface area contributed by atoms with Crippen molar-refractivity contribution in [2.45, 2.75) is 12.4 Å². The molecule has 0 aliphatic carbocycles. The molecule has 0 unspecified atom stereocenters. The van der Waals surface area contributed by atoms with Gasteiger partial charge in [-0.25, -0.2) is 14.8 Å². The lowest BCUT2D eigenvalue weighted by Crippen LogP contribution is -2.21. The smallest absolute Gasteiger partial charge is 0.475 e. The van der Waals surface area contributed by atoms with Crippen LogP contribution in [0.1, 0.15) is 11.4 Å². The third-order valence-corrected chi connectivity index (χ3v) is 2.48. The van der Waals surface area contributed by atoms with Crippen molar-refractivity contribution in [1.29, 1.82) is 5.26 Å². The average Bonchev–Trinajstić information content (AvgIpc) is 2.54. The molecule has 1 heterocycles. The molecule has 0 aliphatic heterocycles. The average molecular weight is 363 g/mol. The molecule has 2 rings (SSSR count). The molecule has 0 spiro atoms. The molecule has 5 nitrogen and oxygen atoms in total. The van der Waals surface area contributed by atoms with Gasteiger partial charge in [-0.3, -0.25) is 0 Å². The number of carboxylic acids is 1. The van der Waals surface area contributed by atoms with Gasteiger partial charge >= 0.3 is 18.3 Å². The number of nitrogens with zero attached hydrogens (tertiary/aromatic N) is 3. The monoisotopic (exact) mass is 363 g/mol. The Hall–Kier alpha value is -3.16. The first-order chi connectivity index (χ1) is 11.4. The fraction of sp³-hybridized carbons (Fsp3) is 0.143. The van der Waals surface area contributed by atoms with Gasteiger partial charge in [0.1, 0.15) is 6.07 Å². The highest BCUT2D eigenvalue weighted by atomic mass is 19.4. The first-order valence-electron chi connectivity index (χ1n) is 6.16. The molecule has 11 heteroatoms. The molecule has 0 saturated carbocycles. The van der Waals surface area contributed by atoms with E-state index in [9.17, 15) is 26.3 Å². The summed E-state index contributed by atoms with van der Waals surface area (Å²) >= 11 is 0. The maximum Gasteiger partial charge on any atom is 0.490 e. The Morgan fingerprint density at radius 1 is 1.12 bits per heavy atom. The number of carboxylic acid groups (broad SMARTS) is 1. The van der Waals surface area contributed by atoms with Gasteiger partial charge in [-0.1, -0.05) is 12.1 Å². The Labute approximate surface area is 136 Å². The van der Waals surface area contributed by atoms with Crippen LogP contribution >= 0.6 is 0 Å². The Balaban J connectivity index is 0.000000381. The van der Waals surface area contributed by atoms with Crippen molar-refractivity contribution in [2.24, 2.45) is 0 Å². The highest BCUT2D eigenvalue weighted by molar-refractivity contribution is 5.73. The fourth-order valence-electron chi connectivity index (χ4n) is 1.43. The summed E-state index contributed by atoms with van der Waals surface area (Å²) in [5, 5.41) is 15.8. The summed E-state index contributed by atoms with van der Waals surface area (Å²) in [6, 6.07) is 7.96. The van der Waals surface area contributed by atoms with Crippen LogP contribution in [0.25, 0.3) is 11.3 Å². The van der Waals surface area contributed by atoms with E-state index in [2.05, 4.69) is 9.97 Å². The van der Waals surface area contributed by atoms with Crippen molar-refractivity contribution in [3.05, 3.63) is 47.9 Å².